The highest BCUT2D eigenvalue weighted by atomic mass is 16.5. The van der Waals surface area contributed by atoms with Crippen molar-refractivity contribution < 1.29 is 9.63 Å². The Hall–Kier alpha value is -0.940. The molecule has 0 spiro atoms. The van der Waals surface area contributed by atoms with Crippen LogP contribution >= 0.6 is 0 Å². The summed E-state index contributed by atoms with van der Waals surface area (Å²) in [6.45, 7) is 2.80. The van der Waals surface area contributed by atoms with E-state index in [1.54, 1.807) is 0 Å². The minimum Gasteiger partial charge on any atom is -0.389 e. The number of hydrogen-bond donors (Lipinski definition) is 2. The summed E-state index contributed by atoms with van der Waals surface area (Å²) in [5.41, 5.74) is -0.445. The van der Waals surface area contributed by atoms with E-state index in [0.29, 0.717) is 12.0 Å². The molecule has 0 aliphatic heterocycles. The van der Waals surface area contributed by atoms with Crippen molar-refractivity contribution in [2.45, 2.75) is 82.3 Å². The second kappa shape index (κ2) is 6.44. The Morgan fingerprint density at radius 1 is 1.24 bits per heavy atom. The van der Waals surface area contributed by atoms with Gasteiger partial charge in [-0.2, -0.15) is 4.98 Å². The maximum Gasteiger partial charge on any atom is 0.229 e. The average Bonchev–Trinajstić information content (AvgIpc) is 3.15. The molecule has 0 unspecified atom stereocenters. The molecule has 0 aromatic carbocycles. The first-order chi connectivity index (χ1) is 10.2. The van der Waals surface area contributed by atoms with Gasteiger partial charge in [0.1, 0.15) is 0 Å². The maximum atomic E-state index is 10.4. The number of hydrogen-bond acceptors (Lipinski definition) is 5. The zero-order valence-corrected chi connectivity index (χ0v) is 13.0. The van der Waals surface area contributed by atoms with Crippen LogP contribution in [0.25, 0.3) is 0 Å². The summed E-state index contributed by atoms with van der Waals surface area (Å²) in [4.78, 5) is 4.46. The molecular formula is C16H27N3O2. The van der Waals surface area contributed by atoms with Crippen LogP contribution < -0.4 is 5.32 Å². The van der Waals surface area contributed by atoms with E-state index in [1.807, 2.05) is 6.92 Å². The lowest BCUT2D eigenvalue weighted by Crippen LogP contribution is -2.43. The van der Waals surface area contributed by atoms with Crippen LogP contribution in [-0.4, -0.2) is 33.4 Å². The molecule has 2 saturated carbocycles. The van der Waals surface area contributed by atoms with Crippen LogP contribution in [0.4, 0.5) is 0 Å². The van der Waals surface area contributed by atoms with E-state index < -0.39 is 5.60 Å². The Kier molecular flexibility index (Phi) is 4.60. The van der Waals surface area contributed by atoms with Gasteiger partial charge in [-0.25, -0.2) is 0 Å². The largest absolute Gasteiger partial charge is 0.389 e. The molecule has 0 radical (unpaired) electrons. The van der Waals surface area contributed by atoms with Crippen molar-refractivity contribution in [1.29, 1.82) is 0 Å². The highest BCUT2D eigenvalue weighted by Gasteiger charge is 2.32. The zero-order valence-electron chi connectivity index (χ0n) is 13.0. The first-order valence-corrected chi connectivity index (χ1v) is 8.47. The Morgan fingerprint density at radius 3 is 2.57 bits per heavy atom. The monoisotopic (exact) mass is 293 g/mol. The molecule has 2 N–H and O–H groups in total. The molecule has 2 aliphatic rings. The van der Waals surface area contributed by atoms with Crippen molar-refractivity contribution in [3.05, 3.63) is 11.7 Å². The smallest absolute Gasteiger partial charge is 0.229 e. The first kappa shape index (κ1) is 15.0. The van der Waals surface area contributed by atoms with Crippen molar-refractivity contribution in [1.82, 2.24) is 15.5 Å². The minimum absolute atomic E-state index is 0.422. The summed E-state index contributed by atoms with van der Waals surface area (Å²) >= 11 is 0. The quantitative estimate of drug-likeness (QED) is 0.873. The van der Waals surface area contributed by atoms with Gasteiger partial charge in [0.15, 0.2) is 5.82 Å². The predicted octanol–water partition coefficient (Wildman–Crippen LogP) is 2.55. The average molecular weight is 293 g/mol. The van der Waals surface area contributed by atoms with E-state index in [4.69, 9.17) is 4.52 Å². The van der Waals surface area contributed by atoms with Crippen molar-refractivity contribution in [2.24, 2.45) is 0 Å². The van der Waals surface area contributed by atoms with E-state index in [0.717, 1.165) is 63.2 Å². The molecule has 1 aromatic rings. The third kappa shape index (κ3) is 3.64. The molecule has 5 heteroatoms. The topological polar surface area (TPSA) is 71.2 Å². The number of aryl methyl sites for hydroxylation is 1. The lowest BCUT2D eigenvalue weighted by Gasteiger charge is -2.31. The molecule has 118 valence electrons. The predicted molar refractivity (Wildman–Crippen MR) is 80.1 cm³/mol. The van der Waals surface area contributed by atoms with Gasteiger partial charge in [-0.1, -0.05) is 24.9 Å². The molecule has 0 atom stereocenters. The van der Waals surface area contributed by atoms with Gasteiger partial charge in [-0.05, 0) is 38.5 Å². The van der Waals surface area contributed by atoms with Crippen LogP contribution in [-0.2, 0) is 6.42 Å². The van der Waals surface area contributed by atoms with E-state index in [9.17, 15) is 5.11 Å². The van der Waals surface area contributed by atoms with E-state index in [2.05, 4.69) is 15.5 Å². The standard InChI is InChI=1S/C16H27N3O2/c1-2-14-18-15(21-19-14)12-5-7-13(8-6-12)17-11-16(20)9-3-4-10-16/h12-13,17,20H,2-11H2,1H3. The molecule has 2 aliphatic carbocycles. The third-order valence-corrected chi connectivity index (χ3v) is 5.13. The molecule has 5 nitrogen and oxygen atoms in total. The van der Waals surface area contributed by atoms with Gasteiger partial charge < -0.3 is 14.9 Å². The Morgan fingerprint density at radius 2 is 1.95 bits per heavy atom. The summed E-state index contributed by atoms with van der Waals surface area (Å²) in [5.74, 6) is 2.05. The highest BCUT2D eigenvalue weighted by Crippen LogP contribution is 2.33. The molecule has 1 aromatic heterocycles. The van der Waals surface area contributed by atoms with E-state index in [1.165, 1.54) is 12.8 Å². The van der Waals surface area contributed by atoms with Gasteiger partial charge in [0.05, 0.1) is 5.60 Å². The number of aromatic nitrogens is 2. The number of rotatable bonds is 5. The molecule has 3 rings (SSSR count). The fourth-order valence-corrected chi connectivity index (χ4v) is 3.67. The molecule has 0 amide bonds. The first-order valence-electron chi connectivity index (χ1n) is 8.47. The van der Waals surface area contributed by atoms with Gasteiger partial charge in [0, 0.05) is 24.9 Å². The fourth-order valence-electron chi connectivity index (χ4n) is 3.67. The summed E-state index contributed by atoms with van der Waals surface area (Å²) < 4.78 is 5.37. The third-order valence-electron chi connectivity index (χ3n) is 5.13. The number of aliphatic hydroxyl groups is 1. The molecule has 21 heavy (non-hydrogen) atoms. The van der Waals surface area contributed by atoms with Crippen LogP contribution in [0.2, 0.25) is 0 Å². The normalized spacial score (nSPS) is 28.9. The maximum absolute atomic E-state index is 10.4. The molecular weight excluding hydrogens is 266 g/mol. The van der Waals surface area contributed by atoms with Crippen LogP contribution in [0.3, 0.4) is 0 Å². The van der Waals surface area contributed by atoms with E-state index >= 15 is 0 Å². The second-order valence-corrected chi connectivity index (χ2v) is 6.76. The summed E-state index contributed by atoms with van der Waals surface area (Å²) in [6.07, 6.45) is 9.54. The Balaban J connectivity index is 1.44. The van der Waals surface area contributed by atoms with Gasteiger partial charge in [-0.3, -0.25) is 0 Å². The Labute approximate surface area is 126 Å². The summed E-state index contributed by atoms with van der Waals surface area (Å²) in [7, 11) is 0. The van der Waals surface area contributed by atoms with Gasteiger partial charge in [-0.15, -0.1) is 0 Å². The van der Waals surface area contributed by atoms with Crippen LogP contribution in [0.1, 0.15) is 75.9 Å². The van der Waals surface area contributed by atoms with Crippen molar-refractivity contribution in [3.8, 4) is 0 Å². The van der Waals surface area contributed by atoms with Crippen molar-refractivity contribution in [2.75, 3.05) is 6.54 Å². The van der Waals surface area contributed by atoms with Crippen LogP contribution in [0.15, 0.2) is 4.52 Å². The SMILES string of the molecule is CCc1noc(C2CCC(NCC3(O)CCCC3)CC2)n1. The number of nitrogens with zero attached hydrogens (tertiary/aromatic N) is 2. The minimum atomic E-state index is -0.445. The number of nitrogens with one attached hydrogen (secondary N) is 1. The molecule has 2 fully saturated rings. The molecule has 0 saturated heterocycles. The summed E-state index contributed by atoms with van der Waals surface area (Å²) in [5, 5.41) is 18.0. The van der Waals surface area contributed by atoms with Gasteiger partial charge in [0.25, 0.3) is 0 Å². The lowest BCUT2D eigenvalue weighted by atomic mass is 9.85. The summed E-state index contributed by atoms with van der Waals surface area (Å²) in [6, 6.07) is 0.527. The second-order valence-electron chi connectivity index (χ2n) is 6.76. The van der Waals surface area contributed by atoms with Crippen molar-refractivity contribution >= 4 is 0 Å². The van der Waals surface area contributed by atoms with Gasteiger partial charge >= 0.3 is 0 Å². The highest BCUT2D eigenvalue weighted by molar-refractivity contribution is 4.97. The lowest BCUT2D eigenvalue weighted by molar-refractivity contribution is 0.0430. The molecule has 0 bridgehead atoms. The van der Waals surface area contributed by atoms with Gasteiger partial charge in [0.2, 0.25) is 5.89 Å². The zero-order chi connectivity index (χ0) is 14.7. The van der Waals surface area contributed by atoms with Crippen LogP contribution in [0, 0.1) is 0 Å². The van der Waals surface area contributed by atoms with E-state index in [-0.39, 0.29) is 0 Å². The fraction of sp³-hybridized carbons (Fsp3) is 0.875. The van der Waals surface area contributed by atoms with Crippen molar-refractivity contribution in [3.63, 3.8) is 0 Å². The Bertz CT molecular complexity index is 446. The molecule has 1 heterocycles. The van der Waals surface area contributed by atoms with Crippen LogP contribution in [0.5, 0.6) is 0 Å².